The Bertz CT molecular complexity index is 1260. The van der Waals surface area contributed by atoms with Gasteiger partial charge in [-0.2, -0.15) is 0 Å². The zero-order chi connectivity index (χ0) is 24.2. The van der Waals surface area contributed by atoms with Gasteiger partial charge in [0, 0.05) is 50.3 Å². The molecule has 1 aliphatic carbocycles. The van der Waals surface area contributed by atoms with Crippen molar-refractivity contribution >= 4 is 34.9 Å². The highest BCUT2D eigenvalue weighted by Gasteiger charge is 2.18. The van der Waals surface area contributed by atoms with Crippen molar-refractivity contribution in [2.75, 3.05) is 48.8 Å². The van der Waals surface area contributed by atoms with Crippen molar-refractivity contribution in [1.82, 2.24) is 14.9 Å². The van der Waals surface area contributed by atoms with Crippen LogP contribution in [0.5, 0.6) is 0 Å². The maximum absolute atomic E-state index is 11.9. The van der Waals surface area contributed by atoms with Gasteiger partial charge in [0.15, 0.2) is 0 Å². The van der Waals surface area contributed by atoms with Crippen molar-refractivity contribution in [3.8, 4) is 0 Å². The number of hydrogen-bond donors (Lipinski definition) is 2. The van der Waals surface area contributed by atoms with E-state index in [1.54, 1.807) is 0 Å². The van der Waals surface area contributed by atoms with E-state index in [4.69, 9.17) is 9.97 Å². The first-order chi connectivity index (χ1) is 17.1. The molecule has 0 spiro atoms. The van der Waals surface area contributed by atoms with E-state index >= 15 is 0 Å². The molecule has 1 aliphatic heterocycles. The molecule has 1 fully saturated rings. The van der Waals surface area contributed by atoms with Gasteiger partial charge in [0.1, 0.15) is 11.6 Å². The maximum Gasteiger partial charge on any atom is 0.247 e. The lowest BCUT2D eigenvalue weighted by atomic mass is 10.1. The van der Waals surface area contributed by atoms with E-state index in [0.29, 0.717) is 12.1 Å². The van der Waals surface area contributed by atoms with Gasteiger partial charge in [0.2, 0.25) is 5.91 Å². The minimum atomic E-state index is -0.257. The molecule has 7 heteroatoms. The minimum Gasteiger partial charge on any atom is -0.369 e. The number of anilines is 4. The molecule has 0 saturated carbocycles. The number of allylic oxidation sites excluding steroid dienone is 1. The van der Waals surface area contributed by atoms with Gasteiger partial charge in [0.25, 0.3) is 0 Å². The highest BCUT2D eigenvalue weighted by molar-refractivity contribution is 6.01. The fourth-order valence-electron chi connectivity index (χ4n) is 4.44. The predicted molar refractivity (Wildman–Crippen MR) is 142 cm³/mol. The number of likely N-dealkylation sites (N-methyl/N-ethyl adjacent to an activating group) is 1. The van der Waals surface area contributed by atoms with Crippen molar-refractivity contribution < 1.29 is 4.79 Å². The van der Waals surface area contributed by atoms with Crippen LogP contribution in [-0.2, 0) is 17.6 Å². The van der Waals surface area contributed by atoms with Crippen LogP contribution in [0.4, 0.5) is 22.9 Å². The molecule has 3 aromatic rings. The Kier molecular flexibility index (Phi) is 6.59. The largest absolute Gasteiger partial charge is 0.369 e. The predicted octanol–water partition coefficient (Wildman–Crippen LogP) is 4.26. The van der Waals surface area contributed by atoms with Crippen LogP contribution in [0.3, 0.4) is 0 Å². The first-order valence-electron chi connectivity index (χ1n) is 12.0. The summed E-state index contributed by atoms with van der Waals surface area (Å²) < 4.78 is 0. The van der Waals surface area contributed by atoms with Crippen molar-refractivity contribution in [3.05, 3.63) is 89.9 Å². The van der Waals surface area contributed by atoms with Gasteiger partial charge in [-0.05, 0) is 43.0 Å². The molecule has 7 nitrogen and oxygen atoms in total. The first-order valence-corrected chi connectivity index (χ1v) is 12.0. The third kappa shape index (κ3) is 5.25. The van der Waals surface area contributed by atoms with E-state index in [1.807, 2.05) is 24.3 Å². The fraction of sp³-hybridized carbons (Fsp3) is 0.250. The Morgan fingerprint density at radius 1 is 1.03 bits per heavy atom. The Labute approximate surface area is 206 Å². The number of carbonyl (C=O) groups excluding carboxylic acids is 1. The molecule has 0 bridgehead atoms. The average molecular weight is 467 g/mol. The summed E-state index contributed by atoms with van der Waals surface area (Å²) in [6, 6.07) is 16.3. The number of fused-ring (bicyclic) bond motifs is 1. The van der Waals surface area contributed by atoms with Gasteiger partial charge in [0.05, 0.1) is 17.1 Å². The van der Waals surface area contributed by atoms with Crippen LogP contribution >= 0.6 is 0 Å². The number of aromatic nitrogens is 2. The standard InChI is InChI=1S/C28H30N6O/c1-3-27(35)30-24-8-4-5-9-25(24)31-28-22-7-6-10-23(22)29-26(32-28)19-20-11-13-21(14-12-20)34-17-15-33(2)16-18-34/h3-9,11-14H,1,10,15-19H2,2H3,(H,30,35)(H,29,31,32). The molecule has 2 N–H and O–H groups in total. The lowest BCUT2D eigenvalue weighted by molar-refractivity contribution is -0.111. The zero-order valence-corrected chi connectivity index (χ0v) is 20.0. The molecule has 2 heterocycles. The summed E-state index contributed by atoms with van der Waals surface area (Å²) in [7, 11) is 2.17. The summed E-state index contributed by atoms with van der Waals surface area (Å²) in [6.07, 6.45) is 6.85. The molecule has 1 saturated heterocycles. The van der Waals surface area contributed by atoms with Crippen LogP contribution in [0.2, 0.25) is 0 Å². The van der Waals surface area contributed by atoms with E-state index in [0.717, 1.165) is 61.2 Å². The van der Waals surface area contributed by atoms with E-state index < -0.39 is 0 Å². The number of piperazine rings is 1. The van der Waals surface area contributed by atoms with Crippen molar-refractivity contribution in [1.29, 1.82) is 0 Å². The number of benzene rings is 2. The Balaban J connectivity index is 1.36. The number of rotatable bonds is 7. The summed E-state index contributed by atoms with van der Waals surface area (Å²) in [5.41, 5.74) is 5.89. The molecule has 1 aromatic heterocycles. The molecule has 2 aromatic carbocycles. The number of para-hydroxylation sites is 2. The number of nitrogens with one attached hydrogen (secondary N) is 2. The van der Waals surface area contributed by atoms with Crippen molar-refractivity contribution in [2.45, 2.75) is 12.8 Å². The van der Waals surface area contributed by atoms with E-state index in [1.165, 1.54) is 17.3 Å². The van der Waals surface area contributed by atoms with Gasteiger partial charge < -0.3 is 20.4 Å². The molecule has 0 radical (unpaired) electrons. The van der Waals surface area contributed by atoms with Crippen LogP contribution in [0.15, 0.2) is 67.3 Å². The number of nitrogens with zero attached hydrogens (tertiary/aromatic N) is 4. The summed E-state index contributed by atoms with van der Waals surface area (Å²) in [5, 5.41) is 6.27. The van der Waals surface area contributed by atoms with E-state index in [2.05, 4.69) is 70.5 Å². The SMILES string of the molecule is C=CC(=O)Nc1ccccc1Nc1nc(Cc2ccc(N3CCN(C)CC3)cc2)nc2c1C=CC2. The van der Waals surface area contributed by atoms with Crippen LogP contribution in [0.25, 0.3) is 6.08 Å². The quantitative estimate of drug-likeness (QED) is 0.507. The monoisotopic (exact) mass is 466 g/mol. The maximum atomic E-state index is 11.9. The normalized spacial score (nSPS) is 15.1. The van der Waals surface area contributed by atoms with Crippen LogP contribution in [0, 0.1) is 0 Å². The minimum absolute atomic E-state index is 0.257. The molecular formula is C28H30N6O. The lowest BCUT2D eigenvalue weighted by Gasteiger charge is -2.34. The first kappa shape index (κ1) is 22.8. The van der Waals surface area contributed by atoms with E-state index in [-0.39, 0.29) is 5.91 Å². The molecule has 0 unspecified atom stereocenters. The van der Waals surface area contributed by atoms with Gasteiger partial charge >= 0.3 is 0 Å². The molecular weight excluding hydrogens is 436 g/mol. The van der Waals surface area contributed by atoms with Gasteiger partial charge in [-0.3, -0.25) is 4.79 Å². The average Bonchev–Trinajstić information content (AvgIpc) is 3.35. The third-order valence-electron chi connectivity index (χ3n) is 6.46. The second-order valence-electron chi connectivity index (χ2n) is 8.95. The second kappa shape index (κ2) is 10.1. The molecule has 35 heavy (non-hydrogen) atoms. The highest BCUT2D eigenvalue weighted by Crippen LogP contribution is 2.31. The molecule has 1 amide bonds. The third-order valence-corrected chi connectivity index (χ3v) is 6.46. The fourth-order valence-corrected chi connectivity index (χ4v) is 4.44. The topological polar surface area (TPSA) is 73.4 Å². The van der Waals surface area contributed by atoms with Gasteiger partial charge in [-0.25, -0.2) is 9.97 Å². The second-order valence-corrected chi connectivity index (χ2v) is 8.95. The molecule has 2 aliphatic rings. The number of amides is 1. The van der Waals surface area contributed by atoms with Crippen molar-refractivity contribution in [3.63, 3.8) is 0 Å². The smallest absolute Gasteiger partial charge is 0.247 e. The number of carbonyl (C=O) groups is 1. The molecule has 5 rings (SSSR count). The van der Waals surface area contributed by atoms with Gasteiger partial charge in [-0.1, -0.05) is 43.0 Å². The highest BCUT2D eigenvalue weighted by atomic mass is 16.1. The number of hydrogen-bond acceptors (Lipinski definition) is 6. The van der Waals surface area contributed by atoms with Crippen LogP contribution in [0.1, 0.15) is 22.6 Å². The molecule has 178 valence electrons. The summed E-state index contributed by atoms with van der Waals surface area (Å²) in [6.45, 7) is 7.83. The molecule has 0 atom stereocenters. The van der Waals surface area contributed by atoms with Crippen molar-refractivity contribution in [2.24, 2.45) is 0 Å². The Morgan fingerprint density at radius 2 is 1.77 bits per heavy atom. The summed E-state index contributed by atoms with van der Waals surface area (Å²) >= 11 is 0. The lowest BCUT2D eigenvalue weighted by Crippen LogP contribution is -2.44. The van der Waals surface area contributed by atoms with Gasteiger partial charge in [-0.15, -0.1) is 0 Å². The summed E-state index contributed by atoms with van der Waals surface area (Å²) in [5.74, 6) is 1.26. The zero-order valence-electron chi connectivity index (χ0n) is 20.0. The van der Waals surface area contributed by atoms with Crippen LogP contribution in [-0.4, -0.2) is 54.0 Å². The Morgan fingerprint density at radius 3 is 2.51 bits per heavy atom. The Hall–Kier alpha value is -3.97. The summed E-state index contributed by atoms with van der Waals surface area (Å²) in [4.78, 5) is 26.4. The van der Waals surface area contributed by atoms with Crippen LogP contribution < -0.4 is 15.5 Å². The van der Waals surface area contributed by atoms with E-state index in [9.17, 15) is 4.79 Å².